The highest BCUT2D eigenvalue weighted by Gasteiger charge is 2.42. The van der Waals surface area contributed by atoms with Crippen molar-refractivity contribution in [3.8, 4) is 0 Å². The van der Waals surface area contributed by atoms with Gasteiger partial charge in [0.05, 0.1) is 5.69 Å². The Morgan fingerprint density at radius 2 is 2.09 bits per heavy atom. The molecule has 2 saturated heterocycles. The summed E-state index contributed by atoms with van der Waals surface area (Å²) in [5, 5.41) is 11.3. The Hall–Kier alpha value is -1.69. The number of carbonyl (C=O) groups is 1. The molecule has 1 aromatic rings. The van der Waals surface area contributed by atoms with E-state index < -0.39 is 0 Å². The number of amides is 2. The molecule has 1 aromatic heterocycles. The summed E-state index contributed by atoms with van der Waals surface area (Å²) in [7, 11) is 2.18. The summed E-state index contributed by atoms with van der Waals surface area (Å²) in [5.74, 6) is 0.595. The third-order valence-electron chi connectivity index (χ3n) is 5.63. The molecule has 3 aliphatic rings. The molecule has 3 heterocycles. The molecule has 6 heteroatoms. The van der Waals surface area contributed by atoms with E-state index in [2.05, 4.69) is 27.5 Å². The quantitative estimate of drug-likeness (QED) is 0.860. The molecular formula is C17H25N5O. The lowest BCUT2D eigenvalue weighted by Gasteiger charge is -2.38. The standard InChI is InChI=1S/C17H25N5O/c1-21-8-3-6-17(11-21)7-9-22(12-17)16(23)18-15-10-13-4-2-5-14(13)19-20-15/h10H,2-9,11-12H2,1H3,(H,18,20,23)/t17-/m1/s1. The molecule has 0 radical (unpaired) electrons. The number of anilines is 1. The first-order valence-corrected chi connectivity index (χ1v) is 8.74. The van der Waals surface area contributed by atoms with E-state index in [-0.39, 0.29) is 6.03 Å². The van der Waals surface area contributed by atoms with E-state index >= 15 is 0 Å². The van der Waals surface area contributed by atoms with Gasteiger partial charge in [0.1, 0.15) is 0 Å². The fourth-order valence-electron chi connectivity index (χ4n) is 4.47. The highest BCUT2D eigenvalue weighted by atomic mass is 16.2. The Morgan fingerprint density at radius 1 is 1.17 bits per heavy atom. The van der Waals surface area contributed by atoms with Crippen molar-refractivity contribution in [1.82, 2.24) is 20.0 Å². The minimum atomic E-state index is -0.0256. The number of nitrogens with one attached hydrogen (secondary N) is 1. The van der Waals surface area contributed by atoms with Gasteiger partial charge in [0, 0.05) is 25.0 Å². The van der Waals surface area contributed by atoms with Crippen molar-refractivity contribution in [1.29, 1.82) is 0 Å². The van der Waals surface area contributed by atoms with Crippen LogP contribution in [0.25, 0.3) is 0 Å². The van der Waals surface area contributed by atoms with E-state index in [1.54, 1.807) is 0 Å². The van der Waals surface area contributed by atoms with E-state index in [4.69, 9.17) is 0 Å². The van der Waals surface area contributed by atoms with Gasteiger partial charge < -0.3 is 9.80 Å². The van der Waals surface area contributed by atoms with Crippen LogP contribution in [0.15, 0.2) is 6.07 Å². The number of hydrogen-bond acceptors (Lipinski definition) is 4. The second-order valence-electron chi connectivity index (χ2n) is 7.50. The molecule has 124 valence electrons. The molecule has 2 amide bonds. The number of carbonyl (C=O) groups excluding carboxylic acids is 1. The van der Waals surface area contributed by atoms with Crippen LogP contribution in [0, 0.1) is 5.41 Å². The van der Waals surface area contributed by atoms with Crippen LogP contribution >= 0.6 is 0 Å². The molecule has 4 rings (SSSR count). The smallest absolute Gasteiger partial charge is 0.323 e. The Balaban J connectivity index is 1.40. The Labute approximate surface area is 137 Å². The lowest BCUT2D eigenvalue weighted by atomic mass is 9.79. The van der Waals surface area contributed by atoms with Crippen molar-refractivity contribution in [3.05, 3.63) is 17.3 Å². The first kappa shape index (κ1) is 14.9. The zero-order chi connectivity index (χ0) is 15.9. The van der Waals surface area contributed by atoms with Crippen LogP contribution in [0.3, 0.4) is 0 Å². The molecule has 0 bridgehead atoms. The maximum Gasteiger partial charge on any atom is 0.323 e. The number of urea groups is 1. The summed E-state index contributed by atoms with van der Waals surface area (Å²) in [4.78, 5) is 16.9. The maximum absolute atomic E-state index is 12.6. The average molecular weight is 315 g/mol. The molecule has 1 N–H and O–H groups in total. The first-order valence-electron chi connectivity index (χ1n) is 8.74. The van der Waals surface area contributed by atoms with Crippen molar-refractivity contribution in [3.63, 3.8) is 0 Å². The average Bonchev–Trinajstić information content (AvgIpc) is 3.14. The number of fused-ring (bicyclic) bond motifs is 1. The number of aryl methyl sites for hydroxylation is 2. The van der Waals surface area contributed by atoms with Crippen LogP contribution in [-0.4, -0.2) is 59.3 Å². The molecule has 2 aliphatic heterocycles. The van der Waals surface area contributed by atoms with Crippen molar-refractivity contribution < 1.29 is 4.79 Å². The second kappa shape index (κ2) is 5.74. The summed E-state index contributed by atoms with van der Waals surface area (Å²) in [5.41, 5.74) is 2.63. The summed E-state index contributed by atoms with van der Waals surface area (Å²) in [6, 6.07) is 1.97. The van der Waals surface area contributed by atoms with E-state index in [9.17, 15) is 4.79 Å². The second-order valence-corrected chi connectivity index (χ2v) is 7.50. The van der Waals surface area contributed by atoms with Gasteiger partial charge in [0.2, 0.25) is 0 Å². The van der Waals surface area contributed by atoms with Gasteiger partial charge in [-0.05, 0) is 63.7 Å². The lowest BCUT2D eigenvalue weighted by molar-refractivity contribution is 0.117. The summed E-state index contributed by atoms with van der Waals surface area (Å²) in [6.07, 6.45) is 6.79. The van der Waals surface area contributed by atoms with Crippen molar-refractivity contribution >= 4 is 11.8 Å². The minimum absolute atomic E-state index is 0.0256. The Bertz CT molecular complexity index is 619. The zero-order valence-corrected chi connectivity index (χ0v) is 13.8. The third kappa shape index (κ3) is 2.92. The highest BCUT2D eigenvalue weighted by Crippen LogP contribution is 2.38. The van der Waals surface area contributed by atoms with Crippen molar-refractivity contribution in [2.24, 2.45) is 5.41 Å². The van der Waals surface area contributed by atoms with Gasteiger partial charge in [-0.15, -0.1) is 5.10 Å². The number of hydrogen-bond donors (Lipinski definition) is 1. The lowest BCUT2D eigenvalue weighted by Crippen LogP contribution is -2.44. The fraction of sp³-hybridized carbons (Fsp3) is 0.706. The van der Waals surface area contributed by atoms with Crippen molar-refractivity contribution in [2.75, 3.05) is 38.5 Å². The zero-order valence-electron chi connectivity index (χ0n) is 13.8. The third-order valence-corrected chi connectivity index (χ3v) is 5.63. The van der Waals surface area contributed by atoms with Gasteiger partial charge >= 0.3 is 6.03 Å². The molecule has 1 aliphatic carbocycles. The number of piperidine rings is 1. The Kier molecular flexibility index (Phi) is 3.71. The Morgan fingerprint density at radius 3 is 2.96 bits per heavy atom. The van der Waals surface area contributed by atoms with Gasteiger partial charge in [-0.2, -0.15) is 5.10 Å². The summed E-state index contributed by atoms with van der Waals surface area (Å²) < 4.78 is 0. The van der Waals surface area contributed by atoms with Crippen LogP contribution in [0.2, 0.25) is 0 Å². The summed E-state index contributed by atoms with van der Waals surface area (Å²) in [6.45, 7) is 3.99. The van der Waals surface area contributed by atoms with Crippen LogP contribution in [-0.2, 0) is 12.8 Å². The van der Waals surface area contributed by atoms with E-state index in [1.807, 2.05) is 11.0 Å². The minimum Gasteiger partial charge on any atom is -0.324 e. The molecule has 1 atom stereocenters. The largest absolute Gasteiger partial charge is 0.324 e. The van der Waals surface area contributed by atoms with Gasteiger partial charge in [0.15, 0.2) is 5.82 Å². The van der Waals surface area contributed by atoms with Crippen LogP contribution in [0.4, 0.5) is 10.6 Å². The molecule has 2 fully saturated rings. The van der Waals surface area contributed by atoms with Crippen LogP contribution < -0.4 is 5.32 Å². The molecule has 1 spiro atoms. The van der Waals surface area contributed by atoms with Gasteiger partial charge in [-0.1, -0.05) is 0 Å². The number of rotatable bonds is 1. The normalized spacial score (nSPS) is 27.4. The SMILES string of the molecule is CN1CCC[C@@]2(CCN(C(=O)Nc3cc4c(nn3)CCC4)C2)C1. The molecule has 23 heavy (non-hydrogen) atoms. The molecule has 0 unspecified atom stereocenters. The van der Waals surface area contributed by atoms with Crippen molar-refractivity contribution in [2.45, 2.75) is 38.5 Å². The van der Waals surface area contributed by atoms with Gasteiger partial charge in [-0.25, -0.2) is 4.79 Å². The molecule has 0 aromatic carbocycles. The highest BCUT2D eigenvalue weighted by molar-refractivity contribution is 5.88. The topological polar surface area (TPSA) is 61.4 Å². The monoisotopic (exact) mass is 315 g/mol. The predicted octanol–water partition coefficient (Wildman–Crippen LogP) is 1.91. The number of aromatic nitrogens is 2. The summed E-state index contributed by atoms with van der Waals surface area (Å²) >= 11 is 0. The van der Waals surface area contributed by atoms with E-state index in [1.165, 1.54) is 24.9 Å². The molecule has 6 nitrogen and oxygen atoms in total. The predicted molar refractivity (Wildman–Crippen MR) is 88.4 cm³/mol. The van der Waals surface area contributed by atoms with Gasteiger partial charge in [0.25, 0.3) is 0 Å². The maximum atomic E-state index is 12.6. The molecular weight excluding hydrogens is 290 g/mol. The first-order chi connectivity index (χ1) is 11.1. The fourth-order valence-corrected chi connectivity index (χ4v) is 4.47. The van der Waals surface area contributed by atoms with Crippen LogP contribution in [0.5, 0.6) is 0 Å². The van der Waals surface area contributed by atoms with Gasteiger partial charge in [-0.3, -0.25) is 5.32 Å². The van der Waals surface area contributed by atoms with Crippen LogP contribution in [0.1, 0.15) is 36.9 Å². The number of likely N-dealkylation sites (tertiary alicyclic amines) is 2. The molecule has 0 saturated carbocycles. The van der Waals surface area contributed by atoms with E-state index in [0.29, 0.717) is 11.2 Å². The van der Waals surface area contributed by atoms with E-state index in [0.717, 1.165) is 51.0 Å². The number of nitrogens with zero attached hydrogens (tertiary/aromatic N) is 4.